The van der Waals surface area contributed by atoms with Gasteiger partial charge in [-0.05, 0) is 38.7 Å². The third-order valence-electron chi connectivity index (χ3n) is 5.87. The second-order valence-electron chi connectivity index (χ2n) is 7.60. The summed E-state index contributed by atoms with van der Waals surface area (Å²) in [6.07, 6.45) is 0. The van der Waals surface area contributed by atoms with Crippen LogP contribution in [-0.2, 0) is 0 Å². The minimum Gasteiger partial charge on any atom is -0.455 e. The van der Waals surface area contributed by atoms with Crippen LogP contribution in [0.2, 0.25) is 0 Å². The van der Waals surface area contributed by atoms with Gasteiger partial charge in [0.2, 0.25) is 0 Å². The van der Waals surface area contributed by atoms with Gasteiger partial charge in [0.1, 0.15) is 11.2 Å². The molecule has 1 aromatic heterocycles. The molecular weight excluding hydrogens is 400 g/mol. The first-order valence-corrected chi connectivity index (χ1v) is 10.3. The number of hydrogen-bond donors (Lipinski definition) is 0. The largest absolute Gasteiger partial charge is 0.455 e. The van der Waals surface area contributed by atoms with Crippen molar-refractivity contribution in [2.24, 2.45) is 0 Å². The second kappa shape index (κ2) is 7.08. The lowest BCUT2D eigenvalue weighted by molar-refractivity contribution is 0.670. The maximum Gasteiger partial charge on any atom is 0.143 e. The van der Waals surface area contributed by atoms with Crippen LogP contribution in [0.3, 0.4) is 0 Å². The van der Waals surface area contributed by atoms with Gasteiger partial charge in [-0.3, -0.25) is 0 Å². The molecule has 7 rings (SSSR count). The average molecular weight is 433 g/mol. The highest BCUT2D eigenvalue weighted by atomic mass is 16.3. The zero-order valence-corrected chi connectivity index (χ0v) is 17.0. The third kappa shape index (κ3) is 2.66. The Kier molecular flexibility index (Phi) is 2.16. The predicted molar refractivity (Wildman–Crippen MR) is 140 cm³/mol. The summed E-state index contributed by atoms with van der Waals surface area (Å²) >= 11 is 0. The highest BCUT2D eigenvalue weighted by Crippen LogP contribution is 2.46. The predicted octanol–water partition coefficient (Wildman–Crippen LogP) is 9.23. The van der Waals surface area contributed by atoms with E-state index in [-0.39, 0.29) is 51.2 Å². The van der Waals surface area contributed by atoms with E-state index in [2.05, 4.69) is 0 Å². The van der Waals surface area contributed by atoms with Crippen molar-refractivity contribution in [2.45, 2.75) is 0 Å². The van der Waals surface area contributed by atoms with E-state index in [0.717, 1.165) is 0 Å². The van der Waals surface area contributed by atoms with E-state index < -0.39 is 54.4 Å². The van der Waals surface area contributed by atoms with E-state index in [1.165, 1.54) is 0 Å². The Bertz CT molecular complexity index is 2380. The molecule has 0 spiro atoms. The number of benzene rings is 6. The summed E-state index contributed by atoms with van der Waals surface area (Å²) in [6, 6.07) is 8.59. The molecule has 0 unspecified atom stereocenters. The Labute approximate surface area is 208 Å². The summed E-state index contributed by atoms with van der Waals surface area (Å²) in [5.41, 5.74) is 0.659. The summed E-state index contributed by atoms with van der Waals surface area (Å²) in [4.78, 5) is 0. The molecule has 0 amide bonds. The molecule has 0 fully saturated rings. The minimum absolute atomic E-state index is 0.00580. The lowest BCUT2D eigenvalue weighted by atomic mass is 9.85. The van der Waals surface area contributed by atoms with Crippen LogP contribution < -0.4 is 0 Å². The normalized spacial score (nSPS) is 16.7. The first kappa shape index (κ1) is 10.1. The van der Waals surface area contributed by atoms with Crippen molar-refractivity contribution in [3.05, 3.63) is 121 Å². The lowest BCUT2D eigenvalue weighted by Gasteiger charge is -2.17. The molecule has 0 aliphatic rings. The van der Waals surface area contributed by atoms with Crippen LogP contribution in [0.4, 0.5) is 0 Å². The summed E-state index contributed by atoms with van der Waals surface area (Å²) in [5.74, 6) is 0. The van der Waals surface area contributed by atoms with Crippen LogP contribution >= 0.6 is 0 Å². The number of rotatable bonds is 2. The molecule has 1 heteroatoms. The van der Waals surface area contributed by atoms with E-state index in [9.17, 15) is 0 Å². The van der Waals surface area contributed by atoms with Gasteiger partial charge in [-0.2, -0.15) is 0 Å². The van der Waals surface area contributed by atoms with Gasteiger partial charge in [0, 0.05) is 21.9 Å². The highest BCUT2D eigenvalue weighted by molar-refractivity contribution is 6.24. The zero-order chi connectivity index (χ0) is 32.2. The lowest BCUT2D eigenvalue weighted by Crippen LogP contribution is -1.90. The van der Waals surface area contributed by atoms with Crippen molar-refractivity contribution in [3.63, 3.8) is 0 Å². The van der Waals surface area contributed by atoms with Crippen molar-refractivity contribution in [1.82, 2.24) is 0 Å². The minimum atomic E-state index is -0.518. The molecule has 6 aromatic carbocycles. The Morgan fingerprint density at radius 1 is 0.485 bits per heavy atom. The van der Waals surface area contributed by atoms with E-state index in [4.69, 9.17) is 20.9 Å². The molecule has 154 valence electrons. The van der Waals surface area contributed by atoms with Gasteiger partial charge in [0.15, 0.2) is 0 Å². The molecule has 0 N–H and O–H groups in total. The van der Waals surface area contributed by atoms with E-state index in [1.54, 1.807) is 48.5 Å². The van der Waals surface area contributed by atoms with Crippen molar-refractivity contribution >= 4 is 43.5 Å². The van der Waals surface area contributed by atoms with E-state index >= 15 is 0 Å². The Balaban J connectivity index is 1.75. The van der Waals surface area contributed by atoms with Crippen LogP contribution in [0.1, 0.15) is 16.4 Å². The van der Waals surface area contributed by atoms with Crippen molar-refractivity contribution < 1.29 is 20.9 Å². The van der Waals surface area contributed by atoms with Gasteiger partial charge < -0.3 is 4.42 Å². The van der Waals surface area contributed by atoms with Gasteiger partial charge in [-0.25, -0.2) is 0 Å². The fraction of sp³-hybridized carbons (Fsp3) is 0. The monoisotopic (exact) mass is 432 g/mol. The van der Waals surface area contributed by atoms with Crippen LogP contribution in [0.5, 0.6) is 0 Å². The molecule has 0 saturated heterocycles. The summed E-state index contributed by atoms with van der Waals surface area (Å²) in [6.45, 7) is 0. The molecule has 0 saturated carbocycles. The molecule has 1 heterocycles. The van der Waals surface area contributed by atoms with Crippen molar-refractivity contribution in [3.8, 4) is 22.3 Å². The summed E-state index contributed by atoms with van der Waals surface area (Å²) in [5, 5.41) is 1.93. The molecule has 0 atom stereocenters. The summed E-state index contributed by atoms with van der Waals surface area (Å²) < 4.78 is 108. The maximum atomic E-state index is 9.07. The van der Waals surface area contributed by atoms with Gasteiger partial charge in [0.25, 0.3) is 0 Å². The van der Waals surface area contributed by atoms with Crippen LogP contribution in [0.15, 0.2) is 125 Å². The molecule has 7 aromatic rings. The summed E-state index contributed by atoms with van der Waals surface area (Å²) in [7, 11) is 0. The Morgan fingerprint density at radius 2 is 1.06 bits per heavy atom. The molecule has 0 aliphatic carbocycles. The number of furan rings is 1. The SMILES string of the molecule is [2H]c1c([2H])c([2H])c(-c2c3ccccc3c(-c3c([2H])c([2H])c([2H])c4c3oc3c([2H])c([2H])c([2H])c([2H])c34)c3ccccc23)c([2H])c1[2H]. The molecular formula is C32H20O. The quantitative estimate of drug-likeness (QED) is 0.248. The van der Waals surface area contributed by atoms with Crippen LogP contribution in [0.25, 0.3) is 65.7 Å². The first-order valence-electron chi connectivity index (χ1n) is 16.3. The van der Waals surface area contributed by atoms with Gasteiger partial charge in [-0.1, -0.05) is 115 Å². The van der Waals surface area contributed by atoms with Gasteiger partial charge in [0.05, 0.1) is 16.4 Å². The average Bonchev–Trinajstić information content (AvgIpc) is 3.45. The van der Waals surface area contributed by atoms with E-state index in [0.29, 0.717) is 32.7 Å². The highest BCUT2D eigenvalue weighted by Gasteiger charge is 2.19. The molecule has 0 radical (unpaired) electrons. The molecule has 0 aliphatic heterocycles. The molecule has 1 nitrogen and oxygen atoms in total. The topological polar surface area (TPSA) is 13.1 Å². The van der Waals surface area contributed by atoms with E-state index in [1.807, 2.05) is 0 Å². The van der Waals surface area contributed by atoms with Crippen molar-refractivity contribution in [2.75, 3.05) is 0 Å². The maximum absolute atomic E-state index is 9.07. The van der Waals surface area contributed by atoms with Gasteiger partial charge in [-0.15, -0.1) is 0 Å². The van der Waals surface area contributed by atoms with Crippen LogP contribution in [0, 0.1) is 0 Å². The first-order chi connectivity index (χ1) is 21.4. The Hall–Kier alpha value is -4.36. The second-order valence-corrected chi connectivity index (χ2v) is 7.60. The van der Waals surface area contributed by atoms with Crippen molar-refractivity contribution in [1.29, 1.82) is 0 Å². The molecule has 33 heavy (non-hydrogen) atoms. The third-order valence-corrected chi connectivity index (χ3v) is 5.87. The van der Waals surface area contributed by atoms with Crippen LogP contribution in [-0.4, -0.2) is 0 Å². The zero-order valence-electron chi connectivity index (χ0n) is 29.0. The van der Waals surface area contributed by atoms with Gasteiger partial charge >= 0.3 is 0 Å². The smallest absolute Gasteiger partial charge is 0.143 e. The number of fused-ring (bicyclic) bond motifs is 5. The number of para-hydroxylation sites is 2. The number of hydrogen-bond acceptors (Lipinski definition) is 1. The standard InChI is InChI=1S/C32H20O/c1-2-11-21(12-3-1)30-23-14-4-6-16-25(23)31(26-17-7-5-15-24(26)30)28-19-10-18-27-22-13-8-9-20-29(22)33-32(27)28/h1-20H/i1D,2D,3D,8D,9D,10D,11D,12D,13D,18D,19D,20D. The molecule has 0 bridgehead atoms. The Morgan fingerprint density at radius 3 is 1.76 bits per heavy atom. The fourth-order valence-corrected chi connectivity index (χ4v) is 4.55. The fourth-order valence-electron chi connectivity index (χ4n) is 4.55.